The molecule has 0 N–H and O–H groups in total. The van der Waals surface area contributed by atoms with Gasteiger partial charge in [-0.25, -0.2) is 0 Å². The number of hydrogen-bond acceptors (Lipinski definition) is 2. The van der Waals surface area contributed by atoms with Crippen LogP contribution in [0.1, 0.15) is 19.8 Å². The number of nitrogens with zero attached hydrogens (tertiary/aromatic N) is 2. The Hall–Kier alpha value is -1.12. The summed E-state index contributed by atoms with van der Waals surface area (Å²) in [5.74, 6) is 0. The fourth-order valence-electron chi connectivity index (χ4n) is 2.18. The van der Waals surface area contributed by atoms with Gasteiger partial charge in [-0.2, -0.15) is 0 Å². The highest BCUT2D eigenvalue weighted by Gasteiger charge is 2.11. The molecule has 0 aliphatic carbocycles. The summed E-state index contributed by atoms with van der Waals surface area (Å²) in [5, 5.41) is 0. The summed E-state index contributed by atoms with van der Waals surface area (Å²) in [7, 11) is 0. The molecule has 0 bridgehead atoms. The van der Waals surface area contributed by atoms with Crippen LogP contribution in [0.15, 0.2) is 50.6 Å². The van der Waals surface area contributed by atoms with Gasteiger partial charge in [-0.15, -0.1) is 26.3 Å². The SMILES string of the molecule is C=CCN(CC=C)CCCC(C)N(CC=C)CC=C. The van der Waals surface area contributed by atoms with E-state index in [4.69, 9.17) is 0 Å². The van der Waals surface area contributed by atoms with Gasteiger partial charge in [0.25, 0.3) is 0 Å². The van der Waals surface area contributed by atoms with Crippen LogP contribution in [0.4, 0.5) is 0 Å². The molecule has 0 aliphatic rings. The van der Waals surface area contributed by atoms with Crippen molar-refractivity contribution in [1.82, 2.24) is 9.80 Å². The second-order valence-corrected chi connectivity index (χ2v) is 4.86. The molecule has 0 aromatic heterocycles. The zero-order valence-corrected chi connectivity index (χ0v) is 12.6. The average molecular weight is 262 g/mol. The molecule has 0 saturated heterocycles. The largest absolute Gasteiger partial charge is 0.296 e. The van der Waals surface area contributed by atoms with Crippen LogP contribution in [-0.4, -0.2) is 48.6 Å². The van der Waals surface area contributed by atoms with Crippen LogP contribution in [0, 0.1) is 0 Å². The zero-order chi connectivity index (χ0) is 14.5. The highest BCUT2D eigenvalue weighted by molar-refractivity contribution is 4.84. The number of rotatable bonds is 13. The molecule has 1 atom stereocenters. The zero-order valence-electron chi connectivity index (χ0n) is 12.6. The molecular weight excluding hydrogens is 232 g/mol. The summed E-state index contributed by atoms with van der Waals surface area (Å²) >= 11 is 0. The molecule has 0 aromatic rings. The van der Waals surface area contributed by atoms with Crippen LogP contribution in [0.3, 0.4) is 0 Å². The first kappa shape index (κ1) is 17.9. The van der Waals surface area contributed by atoms with Crippen LogP contribution >= 0.6 is 0 Å². The van der Waals surface area contributed by atoms with E-state index in [9.17, 15) is 0 Å². The fraction of sp³-hybridized carbons (Fsp3) is 0.529. The van der Waals surface area contributed by atoms with Crippen LogP contribution in [0.5, 0.6) is 0 Å². The van der Waals surface area contributed by atoms with Crippen LogP contribution < -0.4 is 0 Å². The minimum absolute atomic E-state index is 0.560. The first-order chi connectivity index (χ1) is 9.19. The third-order valence-corrected chi connectivity index (χ3v) is 3.22. The Balaban J connectivity index is 4.06. The standard InChI is InChI=1S/C17H30N2/c1-6-12-18(13-7-2)16-10-11-17(5)19(14-8-3)15-9-4/h6-9,17H,1-4,10-16H2,5H3. The molecule has 0 aliphatic heterocycles. The predicted molar refractivity (Wildman–Crippen MR) is 87.5 cm³/mol. The van der Waals surface area contributed by atoms with Gasteiger partial charge in [0, 0.05) is 32.2 Å². The Labute approximate surface area is 119 Å². The third-order valence-electron chi connectivity index (χ3n) is 3.22. The van der Waals surface area contributed by atoms with Crippen molar-refractivity contribution < 1.29 is 0 Å². The summed E-state index contributed by atoms with van der Waals surface area (Å²) in [6.07, 6.45) is 10.2. The van der Waals surface area contributed by atoms with E-state index < -0.39 is 0 Å². The lowest BCUT2D eigenvalue weighted by molar-refractivity contribution is 0.228. The van der Waals surface area contributed by atoms with Gasteiger partial charge >= 0.3 is 0 Å². The molecule has 0 spiro atoms. The lowest BCUT2D eigenvalue weighted by Crippen LogP contribution is -2.34. The molecule has 0 heterocycles. The van der Waals surface area contributed by atoms with E-state index in [1.807, 2.05) is 24.3 Å². The van der Waals surface area contributed by atoms with Crippen molar-refractivity contribution in [2.24, 2.45) is 0 Å². The Morgan fingerprint density at radius 2 is 1.32 bits per heavy atom. The van der Waals surface area contributed by atoms with E-state index in [2.05, 4.69) is 43.0 Å². The highest BCUT2D eigenvalue weighted by atomic mass is 15.1. The highest BCUT2D eigenvalue weighted by Crippen LogP contribution is 2.08. The molecule has 2 nitrogen and oxygen atoms in total. The van der Waals surface area contributed by atoms with Crippen LogP contribution in [0.2, 0.25) is 0 Å². The Kier molecular flexibility index (Phi) is 11.2. The van der Waals surface area contributed by atoms with Gasteiger partial charge < -0.3 is 0 Å². The van der Waals surface area contributed by atoms with Crippen LogP contribution in [-0.2, 0) is 0 Å². The van der Waals surface area contributed by atoms with Crippen molar-refractivity contribution in [1.29, 1.82) is 0 Å². The first-order valence-corrected chi connectivity index (χ1v) is 7.09. The maximum atomic E-state index is 3.82. The van der Waals surface area contributed by atoms with E-state index >= 15 is 0 Å². The quantitative estimate of drug-likeness (QED) is 0.469. The topological polar surface area (TPSA) is 6.48 Å². The van der Waals surface area contributed by atoms with Crippen molar-refractivity contribution in [3.8, 4) is 0 Å². The molecule has 2 heteroatoms. The molecule has 0 fully saturated rings. The molecule has 0 rings (SSSR count). The molecule has 0 aromatic carbocycles. The maximum absolute atomic E-state index is 3.82. The van der Waals surface area contributed by atoms with E-state index in [0.717, 1.165) is 32.7 Å². The van der Waals surface area contributed by atoms with E-state index in [0.29, 0.717) is 6.04 Å². The summed E-state index contributed by atoms with van der Waals surface area (Å²) in [6, 6.07) is 0.560. The molecule has 108 valence electrons. The average Bonchev–Trinajstić information content (AvgIpc) is 2.39. The summed E-state index contributed by atoms with van der Waals surface area (Å²) in [6.45, 7) is 22.3. The second kappa shape index (κ2) is 11.9. The van der Waals surface area contributed by atoms with E-state index in [-0.39, 0.29) is 0 Å². The molecule has 0 amide bonds. The summed E-state index contributed by atoms with van der Waals surface area (Å²) in [4.78, 5) is 4.75. The third kappa shape index (κ3) is 8.57. The molecule has 1 unspecified atom stereocenters. The fourth-order valence-corrected chi connectivity index (χ4v) is 2.18. The Morgan fingerprint density at radius 1 is 0.842 bits per heavy atom. The minimum atomic E-state index is 0.560. The van der Waals surface area contributed by atoms with E-state index in [1.165, 1.54) is 12.8 Å². The Bertz CT molecular complexity index is 250. The predicted octanol–water partition coefficient (Wildman–Crippen LogP) is 3.50. The van der Waals surface area contributed by atoms with Gasteiger partial charge in [0.1, 0.15) is 0 Å². The lowest BCUT2D eigenvalue weighted by Gasteiger charge is -2.27. The number of hydrogen-bond donors (Lipinski definition) is 0. The van der Waals surface area contributed by atoms with E-state index in [1.54, 1.807) is 0 Å². The van der Waals surface area contributed by atoms with Gasteiger partial charge in [-0.05, 0) is 26.3 Å². The monoisotopic (exact) mass is 262 g/mol. The van der Waals surface area contributed by atoms with Crippen molar-refractivity contribution in [2.75, 3.05) is 32.7 Å². The molecular formula is C17H30N2. The van der Waals surface area contributed by atoms with Gasteiger partial charge in [-0.3, -0.25) is 9.80 Å². The lowest BCUT2D eigenvalue weighted by atomic mass is 10.1. The summed E-state index contributed by atoms with van der Waals surface area (Å²) < 4.78 is 0. The van der Waals surface area contributed by atoms with Gasteiger partial charge in [0.2, 0.25) is 0 Å². The first-order valence-electron chi connectivity index (χ1n) is 7.09. The maximum Gasteiger partial charge on any atom is 0.0166 e. The second-order valence-electron chi connectivity index (χ2n) is 4.86. The van der Waals surface area contributed by atoms with Crippen molar-refractivity contribution in [2.45, 2.75) is 25.8 Å². The van der Waals surface area contributed by atoms with Gasteiger partial charge in [0.05, 0.1) is 0 Å². The van der Waals surface area contributed by atoms with Gasteiger partial charge in [-0.1, -0.05) is 24.3 Å². The van der Waals surface area contributed by atoms with Crippen molar-refractivity contribution in [3.05, 3.63) is 50.6 Å². The summed E-state index contributed by atoms with van der Waals surface area (Å²) in [5.41, 5.74) is 0. The van der Waals surface area contributed by atoms with Gasteiger partial charge in [0.15, 0.2) is 0 Å². The van der Waals surface area contributed by atoms with Crippen molar-refractivity contribution >= 4 is 0 Å². The Morgan fingerprint density at radius 3 is 1.74 bits per heavy atom. The smallest absolute Gasteiger partial charge is 0.0166 e. The van der Waals surface area contributed by atoms with Crippen molar-refractivity contribution in [3.63, 3.8) is 0 Å². The molecule has 0 radical (unpaired) electrons. The molecule has 19 heavy (non-hydrogen) atoms. The van der Waals surface area contributed by atoms with Crippen LogP contribution in [0.25, 0.3) is 0 Å². The minimum Gasteiger partial charge on any atom is -0.296 e. The molecule has 0 saturated carbocycles. The normalized spacial score (nSPS) is 12.4.